The molecular weight excluding hydrogens is 289 g/mol. The van der Waals surface area contributed by atoms with Crippen molar-refractivity contribution in [2.75, 3.05) is 18.8 Å². The fourth-order valence-corrected chi connectivity index (χ4v) is 3.62. The van der Waals surface area contributed by atoms with Crippen LogP contribution in [0.5, 0.6) is 0 Å². The summed E-state index contributed by atoms with van der Waals surface area (Å²) >= 11 is 1.99. The number of benzene rings is 1. The lowest BCUT2D eigenvalue weighted by molar-refractivity contribution is -0.131. The summed E-state index contributed by atoms with van der Waals surface area (Å²) in [6, 6.07) is 4.90. The third-order valence-electron chi connectivity index (χ3n) is 3.57. The van der Waals surface area contributed by atoms with Crippen LogP contribution in [0.4, 0.5) is 4.39 Å². The molecule has 0 aliphatic carbocycles. The average Bonchev–Trinajstić information content (AvgIpc) is 2.48. The van der Waals surface area contributed by atoms with E-state index in [1.54, 1.807) is 12.1 Å². The van der Waals surface area contributed by atoms with E-state index in [2.05, 4.69) is 11.8 Å². The molecule has 1 fully saturated rings. The van der Waals surface area contributed by atoms with Gasteiger partial charge in [-0.2, -0.15) is 11.8 Å². The first-order valence-electron chi connectivity index (χ1n) is 7.12. The minimum absolute atomic E-state index is 0.270. The molecule has 5 heteroatoms. The van der Waals surface area contributed by atoms with Gasteiger partial charge in [-0.25, -0.2) is 9.18 Å². The molecule has 0 bridgehead atoms. The molecule has 3 nitrogen and oxygen atoms in total. The minimum Gasteiger partial charge on any atom is -0.478 e. The quantitative estimate of drug-likeness (QED) is 0.848. The van der Waals surface area contributed by atoms with Gasteiger partial charge >= 0.3 is 5.97 Å². The van der Waals surface area contributed by atoms with Gasteiger partial charge in [0.15, 0.2) is 0 Å². The van der Waals surface area contributed by atoms with E-state index in [0.29, 0.717) is 22.9 Å². The molecular formula is C16H20FNO2S. The largest absolute Gasteiger partial charge is 0.478 e. The molecule has 1 N–H and O–H groups in total. The summed E-state index contributed by atoms with van der Waals surface area (Å²) in [6.07, 6.45) is 3.56. The van der Waals surface area contributed by atoms with Crippen LogP contribution in [0.1, 0.15) is 24.5 Å². The number of nitrogens with zero attached hydrogens (tertiary/aromatic N) is 1. The highest BCUT2D eigenvalue weighted by molar-refractivity contribution is 8.00. The van der Waals surface area contributed by atoms with Crippen molar-refractivity contribution in [3.63, 3.8) is 0 Å². The Balaban J connectivity index is 2.02. The normalized spacial score (nSPS) is 20.0. The predicted molar refractivity (Wildman–Crippen MR) is 84.9 cm³/mol. The smallest absolute Gasteiger partial charge is 0.328 e. The van der Waals surface area contributed by atoms with E-state index in [-0.39, 0.29) is 5.82 Å². The second-order valence-corrected chi connectivity index (χ2v) is 6.57. The van der Waals surface area contributed by atoms with Crippen molar-refractivity contribution in [3.05, 3.63) is 41.2 Å². The van der Waals surface area contributed by atoms with E-state index in [4.69, 9.17) is 5.11 Å². The topological polar surface area (TPSA) is 40.5 Å². The fourth-order valence-electron chi connectivity index (χ4n) is 2.37. The average molecular weight is 309 g/mol. The lowest BCUT2D eigenvalue weighted by atomic mass is 10.1. The van der Waals surface area contributed by atoms with Crippen LogP contribution in [0, 0.1) is 5.82 Å². The van der Waals surface area contributed by atoms with Crippen molar-refractivity contribution in [1.29, 1.82) is 0 Å². The fraction of sp³-hybridized carbons (Fsp3) is 0.438. The Morgan fingerprint density at radius 1 is 1.57 bits per heavy atom. The summed E-state index contributed by atoms with van der Waals surface area (Å²) < 4.78 is 14.1. The molecule has 0 radical (unpaired) electrons. The highest BCUT2D eigenvalue weighted by Crippen LogP contribution is 2.23. The third-order valence-corrected chi connectivity index (χ3v) is 4.94. The first-order chi connectivity index (χ1) is 10.1. The standard InChI is InChI=1S/C16H20FNO2S/c1-2-14-11-18(7-8-21-14)10-13-5-3-12(9-15(13)17)4-6-16(19)20/h3-6,9,14H,2,7-8,10-11H2,1H3,(H,19,20)/b6-4+. The molecule has 1 aromatic carbocycles. The van der Waals surface area contributed by atoms with Gasteiger partial charge in [0.2, 0.25) is 0 Å². The molecule has 1 atom stereocenters. The first kappa shape index (κ1) is 16.0. The Bertz CT molecular complexity index is 533. The van der Waals surface area contributed by atoms with Gasteiger partial charge in [-0.15, -0.1) is 0 Å². The number of hydrogen-bond acceptors (Lipinski definition) is 3. The van der Waals surface area contributed by atoms with Crippen molar-refractivity contribution in [2.45, 2.75) is 25.1 Å². The minimum atomic E-state index is -1.03. The molecule has 21 heavy (non-hydrogen) atoms. The number of thioether (sulfide) groups is 1. The van der Waals surface area contributed by atoms with Gasteiger partial charge in [0.05, 0.1) is 0 Å². The molecule has 0 spiro atoms. The van der Waals surface area contributed by atoms with Crippen LogP contribution < -0.4 is 0 Å². The van der Waals surface area contributed by atoms with Gasteiger partial charge in [-0.1, -0.05) is 19.1 Å². The Hall–Kier alpha value is -1.33. The highest BCUT2D eigenvalue weighted by atomic mass is 32.2. The van der Waals surface area contributed by atoms with Crippen LogP contribution >= 0.6 is 11.8 Å². The molecule has 0 amide bonds. The van der Waals surface area contributed by atoms with Crippen LogP contribution in [0.15, 0.2) is 24.3 Å². The van der Waals surface area contributed by atoms with Crippen molar-refractivity contribution < 1.29 is 14.3 Å². The summed E-state index contributed by atoms with van der Waals surface area (Å²) in [6.45, 7) is 4.79. The van der Waals surface area contributed by atoms with Crippen molar-refractivity contribution in [2.24, 2.45) is 0 Å². The summed E-state index contributed by atoms with van der Waals surface area (Å²) in [5.74, 6) is -0.204. The van der Waals surface area contributed by atoms with Crippen LogP contribution in [0.3, 0.4) is 0 Å². The third kappa shape index (κ3) is 4.86. The second kappa shape index (κ2) is 7.61. The number of hydrogen-bond donors (Lipinski definition) is 1. The second-order valence-electron chi connectivity index (χ2n) is 5.16. The number of carboxylic acids is 1. The monoisotopic (exact) mass is 309 g/mol. The van der Waals surface area contributed by atoms with E-state index in [1.165, 1.54) is 12.1 Å². The number of carboxylic acid groups (broad SMARTS) is 1. The molecule has 1 aliphatic rings. The molecule has 114 valence electrons. The summed E-state index contributed by atoms with van der Waals surface area (Å²) in [5.41, 5.74) is 1.24. The molecule has 1 saturated heterocycles. The molecule has 1 heterocycles. The Morgan fingerprint density at radius 2 is 2.38 bits per heavy atom. The van der Waals surface area contributed by atoms with E-state index in [9.17, 15) is 9.18 Å². The zero-order valence-electron chi connectivity index (χ0n) is 12.1. The summed E-state index contributed by atoms with van der Waals surface area (Å²) in [7, 11) is 0. The van der Waals surface area contributed by atoms with Gasteiger partial charge in [0.1, 0.15) is 5.82 Å². The summed E-state index contributed by atoms with van der Waals surface area (Å²) in [5, 5.41) is 9.21. The molecule has 2 rings (SSSR count). The van der Waals surface area contributed by atoms with Crippen molar-refractivity contribution in [3.8, 4) is 0 Å². The molecule has 0 aromatic heterocycles. The van der Waals surface area contributed by atoms with Gasteiger partial charge in [0.25, 0.3) is 0 Å². The van der Waals surface area contributed by atoms with Crippen LogP contribution in [-0.4, -0.2) is 40.1 Å². The predicted octanol–water partition coefficient (Wildman–Crippen LogP) is 3.25. The zero-order chi connectivity index (χ0) is 15.2. The first-order valence-corrected chi connectivity index (χ1v) is 8.16. The SMILES string of the molecule is CCC1CN(Cc2ccc(/C=C/C(=O)O)cc2F)CCS1. The zero-order valence-corrected chi connectivity index (χ0v) is 12.9. The number of carbonyl (C=O) groups is 1. The Morgan fingerprint density at radius 3 is 3.05 bits per heavy atom. The molecule has 1 unspecified atom stereocenters. The molecule has 1 aromatic rings. The van der Waals surface area contributed by atoms with E-state index >= 15 is 0 Å². The van der Waals surface area contributed by atoms with E-state index in [1.807, 2.05) is 11.8 Å². The maximum atomic E-state index is 14.1. The number of halogens is 1. The van der Waals surface area contributed by atoms with Gasteiger partial charge in [-0.3, -0.25) is 4.90 Å². The van der Waals surface area contributed by atoms with E-state index < -0.39 is 5.97 Å². The lowest BCUT2D eigenvalue weighted by Crippen LogP contribution is -2.37. The van der Waals surface area contributed by atoms with Gasteiger partial charge in [-0.05, 0) is 24.1 Å². The van der Waals surface area contributed by atoms with E-state index in [0.717, 1.165) is 31.3 Å². The van der Waals surface area contributed by atoms with Crippen molar-refractivity contribution in [1.82, 2.24) is 4.90 Å². The molecule has 0 saturated carbocycles. The summed E-state index contributed by atoms with van der Waals surface area (Å²) in [4.78, 5) is 12.7. The van der Waals surface area contributed by atoms with Gasteiger partial charge in [0, 0.05) is 42.3 Å². The Labute approximate surface area is 128 Å². The maximum absolute atomic E-state index is 14.1. The lowest BCUT2D eigenvalue weighted by Gasteiger charge is -2.31. The van der Waals surface area contributed by atoms with Crippen LogP contribution in [0.2, 0.25) is 0 Å². The maximum Gasteiger partial charge on any atom is 0.328 e. The molecule has 1 aliphatic heterocycles. The van der Waals surface area contributed by atoms with Crippen molar-refractivity contribution >= 4 is 23.8 Å². The Kier molecular flexibility index (Phi) is 5.82. The number of aliphatic carboxylic acids is 1. The number of rotatable bonds is 5. The van der Waals surface area contributed by atoms with Crippen LogP contribution in [-0.2, 0) is 11.3 Å². The highest BCUT2D eigenvalue weighted by Gasteiger charge is 2.19. The van der Waals surface area contributed by atoms with Gasteiger partial charge < -0.3 is 5.11 Å². The van der Waals surface area contributed by atoms with Crippen LogP contribution in [0.25, 0.3) is 6.08 Å².